The van der Waals surface area contributed by atoms with Crippen molar-refractivity contribution in [1.82, 2.24) is 25.1 Å². The maximum Gasteiger partial charge on any atom is 0.319 e. The number of hydrogen-bond acceptors (Lipinski definition) is 4. The zero-order valence-electron chi connectivity index (χ0n) is 16.0. The van der Waals surface area contributed by atoms with Crippen LogP contribution in [-0.2, 0) is 6.54 Å². The first-order chi connectivity index (χ1) is 14.8. The van der Waals surface area contributed by atoms with E-state index in [0.717, 1.165) is 27.7 Å². The first-order valence-corrected chi connectivity index (χ1v) is 9.58. The van der Waals surface area contributed by atoms with E-state index < -0.39 is 0 Å². The molecule has 0 aliphatic rings. The predicted molar refractivity (Wildman–Crippen MR) is 116 cm³/mol. The van der Waals surface area contributed by atoms with Crippen molar-refractivity contribution in [2.45, 2.75) is 6.54 Å². The maximum absolute atomic E-state index is 12.2. The Bertz CT molecular complexity index is 1330. The van der Waals surface area contributed by atoms with E-state index in [1.807, 2.05) is 84.9 Å². The first kappa shape index (κ1) is 17.8. The van der Waals surface area contributed by atoms with Gasteiger partial charge in [0.25, 0.3) is 0 Å². The number of fused-ring (bicyclic) bond motifs is 3. The second-order valence-electron chi connectivity index (χ2n) is 6.79. The number of urea groups is 1. The summed E-state index contributed by atoms with van der Waals surface area (Å²) in [7, 11) is 0. The van der Waals surface area contributed by atoms with Crippen molar-refractivity contribution in [2.75, 3.05) is 5.32 Å². The van der Waals surface area contributed by atoms with Crippen LogP contribution in [0.1, 0.15) is 5.82 Å². The Morgan fingerprint density at radius 1 is 0.800 bits per heavy atom. The summed E-state index contributed by atoms with van der Waals surface area (Å²) in [6, 6.07) is 26.9. The smallest absolute Gasteiger partial charge is 0.319 e. The molecule has 0 saturated heterocycles. The van der Waals surface area contributed by atoms with E-state index in [0.29, 0.717) is 11.5 Å². The lowest BCUT2D eigenvalue weighted by Crippen LogP contribution is -2.29. The predicted octanol–water partition coefficient (Wildman–Crippen LogP) is 4.27. The molecule has 5 rings (SSSR count). The highest BCUT2D eigenvalue weighted by Gasteiger charge is 2.15. The molecule has 0 aliphatic heterocycles. The van der Waals surface area contributed by atoms with E-state index in [-0.39, 0.29) is 12.6 Å². The molecule has 2 N–H and O–H groups in total. The summed E-state index contributed by atoms with van der Waals surface area (Å²) < 4.78 is 1.70. The average Bonchev–Trinajstić information content (AvgIpc) is 3.21. The molecule has 0 spiro atoms. The van der Waals surface area contributed by atoms with Crippen LogP contribution in [0.25, 0.3) is 27.7 Å². The highest BCUT2D eigenvalue weighted by atomic mass is 16.2. The van der Waals surface area contributed by atoms with Crippen molar-refractivity contribution < 1.29 is 4.79 Å². The van der Waals surface area contributed by atoms with Crippen molar-refractivity contribution in [3.63, 3.8) is 0 Å². The third kappa shape index (κ3) is 3.33. The fourth-order valence-electron chi connectivity index (χ4n) is 3.40. The zero-order valence-corrected chi connectivity index (χ0v) is 16.0. The van der Waals surface area contributed by atoms with E-state index in [9.17, 15) is 4.79 Å². The summed E-state index contributed by atoms with van der Waals surface area (Å²) >= 11 is 0. The van der Waals surface area contributed by atoms with E-state index in [1.165, 1.54) is 0 Å². The number of carbonyl (C=O) groups excluding carboxylic acids is 1. The molecule has 30 heavy (non-hydrogen) atoms. The van der Waals surface area contributed by atoms with Crippen LogP contribution < -0.4 is 10.6 Å². The van der Waals surface area contributed by atoms with Crippen molar-refractivity contribution in [3.8, 4) is 11.3 Å². The Morgan fingerprint density at radius 3 is 2.23 bits per heavy atom. The molecular formula is C23H18N6O. The largest absolute Gasteiger partial charge is 0.330 e. The summed E-state index contributed by atoms with van der Waals surface area (Å²) in [5.41, 5.74) is 3.22. The molecule has 0 radical (unpaired) electrons. The number of benzene rings is 3. The lowest BCUT2D eigenvalue weighted by Gasteiger charge is -2.09. The summed E-state index contributed by atoms with van der Waals surface area (Å²) in [5.74, 6) is 0.552. The topological polar surface area (TPSA) is 84.2 Å². The quantitative estimate of drug-likeness (QED) is 0.477. The maximum atomic E-state index is 12.2. The highest BCUT2D eigenvalue weighted by Crippen LogP contribution is 2.28. The fraction of sp³-hybridized carbons (Fsp3) is 0.0435. The Morgan fingerprint density at radius 2 is 1.47 bits per heavy atom. The van der Waals surface area contributed by atoms with Crippen LogP contribution in [0, 0.1) is 0 Å². The van der Waals surface area contributed by atoms with E-state index in [1.54, 1.807) is 4.52 Å². The van der Waals surface area contributed by atoms with Crippen molar-refractivity contribution >= 4 is 28.1 Å². The Balaban J connectivity index is 1.50. The van der Waals surface area contributed by atoms with Gasteiger partial charge >= 0.3 is 6.03 Å². The third-order valence-electron chi connectivity index (χ3n) is 4.81. The van der Waals surface area contributed by atoms with E-state index >= 15 is 0 Å². The molecule has 3 aromatic carbocycles. The zero-order chi connectivity index (χ0) is 20.3. The normalized spacial score (nSPS) is 10.9. The van der Waals surface area contributed by atoms with Crippen LogP contribution in [0.3, 0.4) is 0 Å². The number of anilines is 1. The molecule has 0 fully saturated rings. The fourth-order valence-corrected chi connectivity index (χ4v) is 3.40. The third-order valence-corrected chi connectivity index (χ3v) is 4.81. The lowest BCUT2D eigenvalue weighted by atomic mass is 10.1. The second-order valence-corrected chi connectivity index (χ2v) is 6.79. The Kier molecular flexibility index (Phi) is 4.53. The van der Waals surface area contributed by atoms with Crippen molar-refractivity contribution in [1.29, 1.82) is 0 Å². The lowest BCUT2D eigenvalue weighted by molar-refractivity contribution is 0.251. The number of nitrogens with one attached hydrogen (secondary N) is 2. The standard InChI is InChI=1S/C23H18N6O/c30-23(25-17-11-5-2-6-12-17)24-15-20-26-27-22-19-14-8-7-13-18(19)21(28-29(20)22)16-9-3-1-4-10-16/h1-14H,15H2,(H2,24,25,30). The summed E-state index contributed by atoms with van der Waals surface area (Å²) in [6.07, 6.45) is 0. The van der Waals surface area contributed by atoms with E-state index in [2.05, 4.69) is 20.8 Å². The minimum absolute atomic E-state index is 0.194. The number of para-hydroxylation sites is 1. The molecule has 146 valence electrons. The van der Waals surface area contributed by atoms with Gasteiger partial charge < -0.3 is 10.6 Å². The average molecular weight is 394 g/mol. The molecule has 2 aromatic heterocycles. The highest BCUT2D eigenvalue weighted by molar-refractivity contribution is 6.01. The van der Waals surface area contributed by atoms with Gasteiger partial charge in [-0.2, -0.15) is 9.61 Å². The molecule has 7 heteroatoms. The Labute approximate surface area is 172 Å². The molecule has 0 saturated carbocycles. The molecular weight excluding hydrogens is 376 g/mol. The number of carbonyl (C=O) groups is 1. The monoisotopic (exact) mass is 394 g/mol. The van der Waals surface area contributed by atoms with Crippen molar-refractivity contribution in [3.05, 3.63) is 90.8 Å². The van der Waals surface area contributed by atoms with Crippen LogP contribution in [-0.4, -0.2) is 25.8 Å². The molecule has 5 aromatic rings. The van der Waals surface area contributed by atoms with Gasteiger partial charge in [-0.3, -0.25) is 0 Å². The van der Waals surface area contributed by atoms with Crippen LogP contribution in [0.4, 0.5) is 10.5 Å². The van der Waals surface area contributed by atoms with Crippen LogP contribution in [0.2, 0.25) is 0 Å². The number of rotatable bonds is 4. The number of hydrogen-bond donors (Lipinski definition) is 2. The van der Waals surface area contributed by atoms with Gasteiger partial charge in [-0.1, -0.05) is 72.8 Å². The summed E-state index contributed by atoms with van der Waals surface area (Å²) in [5, 5.41) is 21.0. The van der Waals surface area contributed by atoms with Crippen LogP contribution in [0.5, 0.6) is 0 Å². The minimum Gasteiger partial charge on any atom is -0.330 e. The molecule has 0 bridgehead atoms. The van der Waals surface area contributed by atoms with Crippen LogP contribution >= 0.6 is 0 Å². The SMILES string of the molecule is O=C(NCc1nnc2c3ccccc3c(-c3ccccc3)nn12)Nc1ccccc1. The Hall–Kier alpha value is -4.26. The van der Waals surface area contributed by atoms with Gasteiger partial charge in [0, 0.05) is 22.0 Å². The number of aromatic nitrogens is 4. The van der Waals surface area contributed by atoms with Gasteiger partial charge in [-0.15, -0.1) is 10.2 Å². The van der Waals surface area contributed by atoms with Gasteiger partial charge in [0.05, 0.1) is 12.2 Å². The van der Waals surface area contributed by atoms with Gasteiger partial charge in [-0.05, 0) is 12.1 Å². The number of amides is 2. The summed E-state index contributed by atoms with van der Waals surface area (Å²) in [6.45, 7) is 0.194. The van der Waals surface area contributed by atoms with Gasteiger partial charge in [0.1, 0.15) is 0 Å². The van der Waals surface area contributed by atoms with Crippen LogP contribution in [0.15, 0.2) is 84.9 Å². The molecule has 0 aliphatic carbocycles. The van der Waals surface area contributed by atoms with Crippen molar-refractivity contribution in [2.24, 2.45) is 0 Å². The minimum atomic E-state index is -0.318. The molecule has 0 atom stereocenters. The first-order valence-electron chi connectivity index (χ1n) is 9.58. The van der Waals surface area contributed by atoms with Gasteiger partial charge in [0.2, 0.25) is 0 Å². The molecule has 2 amide bonds. The van der Waals surface area contributed by atoms with Gasteiger partial charge in [-0.25, -0.2) is 4.79 Å². The molecule has 2 heterocycles. The van der Waals surface area contributed by atoms with Gasteiger partial charge in [0.15, 0.2) is 11.5 Å². The second kappa shape index (κ2) is 7.63. The number of nitrogens with zero attached hydrogens (tertiary/aromatic N) is 4. The molecule has 7 nitrogen and oxygen atoms in total. The molecule has 0 unspecified atom stereocenters. The summed E-state index contributed by atoms with van der Waals surface area (Å²) in [4.78, 5) is 12.2. The van der Waals surface area contributed by atoms with E-state index in [4.69, 9.17) is 5.10 Å².